The maximum Gasteiger partial charge on any atom is 0.252 e. The third kappa shape index (κ3) is 7.23. The standard InChI is InChI=1S/C74H72BN3/c1-70(2,3)53-36-38-63(56(44-53)51-29-17-12-18-30-51)77-66-48-59-58(71(4,5)41-42-72(59,6)7)47-61(66)75-60-43-52(49-25-13-10-14-26-49)35-37-65(60)76(62-33-21-19-31-55(62)50-27-15-11-16-28-50)67-45-54(46-68(77)69(67)75)78-64-34-22-20-32-57(64)73(8)39-23-24-40-74(73,78)9/h10-22,25-38,43-48H,23-24,39-42H2,1-9H3. The number of hydrogen-bond acceptors (Lipinski definition) is 3. The van der Waals surface area contributed by atoms with Crippen molar-refractivity contribution in [1.82, 2.24) is 0 Å². The summed E-state index contributed by atoms with van der Waals surface area (Å²) in [4.78, 5) is 8.24. The summed E-state index contributed by atoms with van der Waals surface area (Å²) >= 11 is 0. The van der Waals surface area contributed by atoms with Crippen molar-refractivity contribution in [3.8, 4) is 33.4 Å². The van der Waals surface area contributed by atoms with Gasteiger partial charge in [0.05, 0.1) is 16.9 Å². The minimum absolute atomic E-state index is 0.00346. The summed E-state index contributed by atoms with van der Waals surface area (Å²) in [5, 5.41) is 0. The lowest BCUT2D eigenvalue weighted by Crippen LogP contribution is -2.62. The Balaban J connectivity index is 1.16. The molecule has 0 bridgehead atoms. The van der Waals surface area contributed by atoms with E-state index < -0.39 is 0 Å². The molecule has 5 aliphatic rings. The summed E-state index contributed by atoms with van der Waals surface area (Å²) in [5.74, 6) is 0. The van der Waals surface area contributed by atoms with Crippen LogP contribution < -0.4 is 31.1 Å². The van der Waals surface area contributed by atoms with Gasteiger partial charge in [-0.2, -0.15) is 0 Å². The Bertz CT molecular complexity index is 3850. The number of nitrogens with zero attached hydrogens (tertiary/aromatic N) is 3. The van der Waals surface area contributed by atoms with Crippen LogP contribution in [0.2, 0.25) is 0 Å². The zero-order valence-electron chi connectivity index (χ0n) is 47.2. The Morgan fingerprint density at radius 1 is 0.385 bits per heavy atom. The van der Waals surface area contributed by atoms with Gasteiger partial charge in [0.25, 0.3) is 6.71 Å². The molecular formula is C74H72BN3. The number of anilines is 8. The van der Waals surface area contributed by atoms with E-state index in [2.05, 4.69) is 277 Å². The molecule has 0 N–H and O–H groups in total. The molecule has 4 heteroatoms. The second kappa shape index (κ2) is 17.5. The van der Waals surface area contributed by atoms with E-state index >= 15 is 0 Å². The average Bonchev–Trinajstić information content (AvgIpc) is 3.82. The quantitative estimate of drug-likeness (QED) is 0.154. The van der Waals surface area contributed by atoms with Gasteiger partial charge < -0.3 is 14.7 Å². The SMILES string of the molecule is CC(C)(C)c1ccc(N2c3cc4c(cc3B3c5cc(-c6ccccc6)ccc5N(c5ccccc5-c5ccccc5)c5cc(N6c7ccccc7C7(C)CCCCC67C)cc2c53)C(C)(C)CCC4(C)C)c(-c2ccccc2)c1. The maximum atomic E-state index is 2.82. The molecule has 2 atom stereocenters. The summed E-state index contributed by atoms with van der Waals surface area (Å²) in [5.41, 5.74) is 26.9. The monoisotopic (exact) mass is 1010 g/mol. The summed E-state index contributed by atoms with van der Waals surface area (Å²) in [7, 11) is 0. The van der Waals surface area contributed by atoms with Crippen molar-refractivity contribution < 1.29 is 0 Å². The molecule has 78 heavy (non-hydrogen) atoms. The van der Waals surface area contributed by atoms with E-state index in [0.29, 0.717) is 0 Å². The fourth-order valence-corrected chi connectivity index (χ4v) is 15.2. The lowest BCUT2D eigenvalue weighted by Gasteiger charge is -2.51. The van der Waals surface area contributed by atoms with Gasteiger partial charge in [-0.1, -0.05) is 220 Å². The highest BCUT2D eigenvalue weighted by molar-refractivity contribution is 7.00. The molecule has 3 heterocycles. The van der Waals surface area contributed by atoms with Crippen LogP contribution in [0.15, 0.2) is 200 Å². The zero-order valence-corrected chi connectivity index (χ0v) is 47.2. The van der Waals surface area contributed by atoms with Crippen molar-refractivity contribution in [2.24, 2.45) is 0 Å². The van der Waals surface area contributed by atoms with E-state index in [-0.39, 0.29) is 33.9 Å². The Morgan fingerprint density at radius 3 is 1.58 bits per heavy atom. The smallest absolute Gasteiger partial charge is 0.252 e. The summed E-state index contributed by atoms with van der Waals surface area (Å²) in [6, 6.07) is 77.3. The van der Waals surface area contributed by atoms with Gasteiger partial charge in [-0.05, 0) is 158 Å². The molecule has 14 rings (SSSR count). The molecule has 0 spiro atoms. The molecule has 386 valence electrons. The summed E-state index contributed by atoms with van der Waals surface area (Å²) < 4.78 is 0. The van der Waals surface area contributed by atoms with Crippen LogP contribution in [0.1, 0.15) is 123 Å². The lowest BCUT2D eigenvalue weighted by atomic mass is 9.33. The van der Waals surface area contributed by atoms with Crippen molar-refractivity contribution in [2.45, 2.75) is 128 Å². The van der Waals surface area contributed by atoms with Crippen molar-refractivity contribution in [2.75, 3.05) is 14.7 Å². The summed E-state index contributed by atoms with van der Waals surface area (Å²) in [6.45, 7) is 22.1. The van der Waals surface area contributed by atoms with Crippen LogP contribution in [0.3, 0.4) is 0 Å². The molecule has 9 aromatic carbocycles. The predicted molar refractivity (Wildman–Crippen MR) is 334 cm³/mol. The first-order valence-corrected chi connectivity index (χ1v) is 29.0. The molecule has 2 aliphatic carbocycles. The minimum atomic E-state index is -0.158. The molecule has 9 aromatic rings. The van der Waals surface area contributed by atoms with Crippen LogP contribution in [-0.2, 0) is 21.7 Å². The Kier molecular flexibility index (Phi) is 10.9. The van der Waals surface area contributed by atoms with Crippen LogP contribution in [0.5, 0.6) is 0 Å². The Labute approximate surface area is 464 Å². The number of fused-ring (bicyclic) bond motifs is 8. The molecule has 3 aliphatic heterocycles. The first kappa shape index (κ1) is 48.8. The molecule has 0 saturated heterocycles. The van der Waals surface area contributed by atoms with E-state index in [0.717, 1.165) is 19.3 Å². The number of hydrogen-bond donors (Lipinski definition) is 0. The highest BCUT2D eigenvalue weighted by Crippen LogP contribution is 2.62. The third-order valence-corrected chi connectivity index (χ3v) is 19.8. The first-order chi connectivity index (χ1) is 37.6. The first-order valence-electron chi connectivity index (χ1n) is 29.0. The van der Waals surface area contributed by atoms with E-state index in [1.807, 2.05) is 0 Å². The summed E-state index contributed by atoms with van der Waals surface area (Å²) in [6.07, 6.45) is 7.02. The topological polar surface area (TPSA) is 9.72 Å². The van der Waals surface area contributed by atoms with Gasteiger partial charge in [-0.25, -0.2) is 0 Å². The fraction of sp³-hybridized carbons (Fsp3) is 0.270. The van der Waals surface area contributed by atoms with Gasteiger partial charge in [0.1, 0.15) is 0 Å². The molecule has 2 unspecified atom stereocenters. The van der Waals surface area contributed by atoms with Gasteiger partial charge in [0.15, 0.2) is 0 Å². The molecule has 1 saturated carbocycles. The number of para-hydroxylation sites is 2. The van der Waals surface area contributed by atoms with Gasteiger partial charge >= 0.3 is 0 Å². The van der Waals surface area contributed by atoms with Crippen LogP contribution in [0.4, 0.5) is 45.5 Å². The number of benzene rings is 9. The van der Waals surface area contributed by atoms with Crippen molar-refractivity contribution >= 4 is 68.6 Å². The van der Waals surface area contributed by atoms with Crippen LogP contribution >= 0.6 is 0 Å². The molecular weight excluding hydrogens is 942 g/mol. The van der Waals surface area contributed by atoms with Gasteiger partial charge in [-0.15, -0.1) is 0 Å². The van der Waals surface area contributed by atoms with E-state index in [9.17, 15) is 0 Å². The highest BCUT2D eigenvalue weighted by Gasteiger charge is 2.58. The third-order valence-electron chi connectivity index (χ3n) is 19.8. The van der Waals surface area contributed by atoms with Crippen molar-refractivity contribution in [1.29, 1.82) is 0 Å². The minimum Gasteiger partial charge on any atom is -0.334 e. The van der Waals surface area contributed by atoms with E-state index in [1.165, 1.54) is 137 Å². The highest BCUT2D eigenvalue weighted by atomic mass is 15.3. The Hall–Kier alpha value is -7.56. The van der Waals surface area contributed by atoms with Crippen LogP contribution in [0.25, 0.3) is 33.4 Å². The average molecular weight is 1010 g/mol. The van der Waals surface area contributed by atoms with Gasteiger partial charge in [0.2, 0.25) is 0 Å². The van der Waals surface area contributed by atoms with Crippen molar-refractivity contribution in [3.05, 3.63) is 222 Å². The largest absolute Gasteiger partial charge is 0.334 e. The lowest BCUT2D eigenvalue weighted by molar-refractivity contribution is 0.195. The maximum absolute atomic E-state index is 2.82. The van der Waals surface area contributed by atoms with E-state index in [4.69, 9.17) is 0 Å². The second-order valence-corrected chi connectivity index (χ2v) is 26.3. The molecule has 0 amide bonds. The van der Waals surface area contributed by atoms with Crippen molar-refractivity contribution in [3.63, 3.8) is 0 Å². The van der Waals surface area contributed by atoms with Gasteiger partial charge in [-0.3, -0.25) is 0 Å². The van der Waals surface area contributed by atoms with Gasteiger partial charge in [0, 0.05) is 50.7 Å². The Morgan fingerprint density at radius 2 is 0.910 bits per heavy atom. The normalized spacial score (nSPS) is 20.3. The van der Waals surface area contributed by atoms with Crippen LogP contribution in [-0.4, -0.2) is 12.3 Å². The molecule has 0 radical (unpaired) electrons. The fourth-order valence-electron chi connectivity index (χ4n) is 15.2. The zero-order chi connectivity index (χ0) is 53.5. The molecule has 3 nitrogen and oxygen atoms in total. The second-order valence-electron chi connectivity index (χ2n) is 26.3. The predicted octanol–water partition coefficient (Wildman–Crippen LogP) is 18.2. The number of rotatable bonds is 6. The van der Waals surface area contributed by atoms with Crippen LogP contribution in [0, 0.1) is 0 Å². The molecule has 0 aromatic heterocycles. The van der Waals surface area contributed by atoms with E-state index in [1.54, 1.807) is 0 Å². The molecule has 1 fully saturated rings.